The number of aromatic nitrogens is 3. The maximum Gasteiger partial charge on any atom is 0.145 e. The molecule has 17 heavy (non-hydrogen) atoms. The van der Waals surface area contributed by atoms with Gasteiger partial charge in [0.2, 0.25) is 0 Å². The fourth-order valence-corrected chi connectivity index (χ4v) is 2.55. The number of aryl methyl sites for hydroxylation is 1. The van der Waals surface area contributed by atoms with E-state index in [1.165, 1.54) is 11.9 Å². The summed E-state index contributed by atoms with van der Waals surface area (Å²) < 4.78 is 0. The SMILES string of the molecule is Nc1ncnc(C2CCc3cccnc32)c1Cl. The molecule has 0 fully saturated rings. The second-order valence-corrected chi connectivity index (χ2v) is 4.48. The zero-order chi connectivity index (χ0) is 11.8. The van der Waals surface area contributed by atoms with Gasteiger partial charge >= 0.3 is 0 Å². The van der Waals surface area contributed by atoms with Crippen LogP contribution in [0.4, 0.5) is 5.82 Å². The normalized spacial score (nSPS) is 18.1. The minimum absolute atomic E-state index is 0.143. The summed E-state index contributed by atoms with van der Waals surface area (Å²) in [6.07, 6.45) is 5.24. The Morgan fingerprint density at radius 1 is 1.24 bits per heavy atom. The Labute approximate surface area is 104 Å². The highest BCUT2D eigenvalue weighted by molar-refractivity contribution is 6.33. The molecular formula is C12H11ClN4. The van der Waals surface area contributed by atoms with Crippen molar-refractivity contribution in [2.24, 2.45) is 0 Å². The zero-order valence-electron chi connectivity index (χ0n) is 9.10. The molecule has 3 rings (SSSR count). The first-order valence-corrected chi connectivity index (χ1v) is 5.85. The fraction of sp³-hybridized carbons (Fsp3) is 0.250. The van der Waals surface area contributed by atoms with Crippen molar-refractivity contribution in [1.29, 1.82) is 0 Å². The molecule has 0 radical (unpaired) electrons. The van der Waals surface area contributed by atoms with Crippen molar-refractivity contribution in [3.8, 4) is 0 Å². The lowest BCUT2D eigenvalue weighted by atomic mass is 10.0. The van der Waals surface area contributed by atoms with Crippen molar-refractivity contribution < 1.29 is 0 Å². The number of fused-ring (bicyclic) bond motifs is 1. The summed E-state index contributed by atoms with van der Waals surface area (Å²) >= 11 is 6.16. The molecule has 0 saturated heterocycles. The van der Waals surface area contributed by atoms with Crippen LogP contribution >= 0.6 is 11.6 Å². The lowest BCUT2D eigenvalue weighted by Gasteiger charge is -2.12. The molecular weight excluding hydrogens is 236 g/mol. The number of halogens is 1. The first-order valence-electron chi connectivity index (χ1n) is 5.47. The molecule has 1 aliphatic carbocycles. The van der Waals surface area contributed by atoms with Crippen molar-refractivity contribution in [1.82, 2.24) is 15.0 Å². The molecule has 0 spiro atoms. The highest BCUT2D eigenvalue weighted by atomic mass is 35.5. The van der Waals surface area contributed by atoms with Gasteiger partial charge in [0.15, 0.2) is 0 Å². The monoisotopic (exact) mass is 246 g/mol. The number of pyridine rings is 1. The molecule has 5 heteroatoms. The Morgan fingerprint density at radius 3 is 3.00 bits per heavy atom. The number of hydrogen-bond donors (Lipinski definition) is 1. The van der Waals surface area contributed by atoms with Crippen LogP contribution in [-0.4, -0.2) is 15.0 Å². The summed E-state index contributed by atoms with van der Waals surface area (Å²) in [7, 11) is 0. The topological polar surface area (TPSA) is 64.7 Å². The van der Waals surface area contributed by atoms with E-state index >= 15 is 0 Å². The predicted octanol–water partition coefficient (Wildman–Crippen LogP) is 2.19. The Hall–Kier alpha value is -1.68. The third kappa shape index (κ3) is 1.65. The molecule has 1 unspecified atom stereocenters. The molecule has 0 bridgehead atoms. The third-order valence-electron chi connectivity index (χ3n) is 3.13. The van der Waals surface area contributed by atoms with Crippen LogP contribution in [0.25, 0.3) is 0 Å². The summed E-state index contributed by atoms with van der Waals surface area (Å²) in [6.45, 7) is 0. The number of hydrogen-bond acceptors (Lipinski definition) is 4. The van der Waals surface area contributed by atoms with E-state index in [0.717, 1.165) is 24.2 Å². The minimum atomic E-state index is 0.143. The second kappa shape index (κ2) is 3.96. The van der Waals surface area contributed by atoms with Gasteiger partial charge in [-0.3, -0.25) is 4.98 Å². The van der Waals surface area contributed by atoms with Gasteiger partial charge in [0, 0.05) is 12.1 Å². The highest BCUT2D eigenvalue weighted by Crippen LogP contribution is 2.39. The van der Waals surface area contributed by atoms with Gasteiger partial charge in [-0.25, -0.2) is 9.97 Å². The van der Waals surface area contributed by atoms with Gasteiger partial charge in [-0.15, -0.1) is 0 Å². The number of nitrogens with two attached hydrogens (primary N) is 1. The number of rotatable bonds is 1. The van der Waals surface area contributed by atoms with E-state index < -0.39 is 0 Å². The first-order chi connectivity index (χ1) is 8.27. The molecule has 4 nitrogen and oxygen atoms in total. The van der Waals surface area contributed by atoms with E-state index in [-0.39, 0.29) is 5.92 Å². The van der Waals surface area contributed by atoms with E-state index in [1.54, 1.807) is 6.20 Å². The Kier molecular flexibility index (Phi) is 2.44. The first kappa shape index (κ1) is 10.5. The average Bonchev–Trinajstić information content (AvgIpc) is 2.77. The van der Waals surface area contributed by atoms with Gasteiger partial charge in [-0.05, 0) is 24.5 Å². The lowest BCUT2D eigenvalue weighted by Crippen LogP contribution is -2.05. The molecule has 1 atom stereocenters. The molecule has 0 saturated carbocycles. The van der Waals surface area contributed by atoms with Crippen molar-refractivity contribution in [3.05, 3.63) is 46.6 Å². The van der Waals surface area contributed by atoms with Gasteiger partial charge < -0.3 is 5.73 Å². The predicted molar refractivity (Wildman–Crippen MR) is 65.9 cm³/mol. The van der Waals surface area contributed by atoms with Crippen molar-refractivity contribution >= 4 is 17.4 Å². The molecule has 2 N–H and O–H groups in total. The molecule has 2 aromatic rings. The molecule has 86 valence electrons. The Balaban J connectivity index is 2.10. The van der Waals surface area contributed by atoms with Crippen molar-refractivity contribution in [2.75, 3.05) is 5.73 Å². The number of nitrogens with zero attached hydrogens (tertiary/aromatic N) is 3. The standard InChI is InChI=1S/C12H11ClN4/c13-9-11(16-6-17-12(9)14)8-4-3-7-2-1-5-15-10(7)8/h1-2,5-6,8H,3-4H2,(H2,14,16,17). The molecule has 0 amide bonds. The molecule has 1 aliphatic rings. The van der Waals surface area contributed by atoms with Crippen LogP contribution in [0.5, 0.6) is 0 Å². The maximum absolute atomic E-state index is 6.16. The van der Waals surface area contributed by atoms with Crippen LogP contribution < -0.4 is 5.73 Å². The average molecular weight is 247 g/mol. The lowest BCUT2D eigenvalue weighted by molar-refractivity contribution is 0.743. The zero-order valence-corrected chi connectivity index (χ0v) is 9.85. The van der Waals surface area contributed by atoms with Gasteiger partial charge in [-0.2, -0.15) is 0 Å². The molecule has 0 aliphatic heterocycles. The number of nitrogen functional groups attached to an aromatic ring is 1. The maximum atomic E-state index is 6.16. The Bertz CT molecular complexity index is 570. The summed E-state index contributed by atoms with van der Waals surface area (Å²) in [5.74, 6) is 0.477. The van der Waals surface area contributed by atoms with E-state index in [4.69, 9.17) is 17.3 Å². The quantitative estimate of drug-likeness (QED) is 0.838. The van der Waals surface area contributed by atoms with Gasteiger partial charge in [0.05, 0.1) is 11.4 Å². The number of anilines is 1. The minimum Gasteiger partial charge on any atom is -0.382 e. The van der Waals surface area contributed by atoms with Crippen LogP contribution in [0.1, 0.15) is 29.3 Å². The van der Waals surface area contributed by atoms with Crippen LogP contribution in [-0.2, 0) is 6.42 Å². The largest absolute Gasteiger partial charge is 0.382 e. The molecule has 2 aromatic heterocycles. The van der Waals surface area contributed by atoms with Crippen LogP contribution in [0, 0.1) is 0 Å². The van der Waals surface area contributed by atoms with E-state index in [0.29, 0.717) is 10.8 Å². The Morgan fingerprint density at radius 2 is 2.12 bits per heavy atom. The smallest absolute Gasteiger partial charge is 0.145 e. The summed E-state index contributed by atoms with van der Waals surface area (Å²) in [4.78, 5) is 12.6. The van der Waals surface area contributed by atoms with Gasteiger partial charge in [0.25, 0.3) is 0 Å². The molecule has 2 heterocycles. The second-order valence-electron chi connectivity index (χ2n) is 4.10. The van der Waals surface area contributed by atoms with Gasteiger partial charge in [0.1, 0.15) is 17.2 Å². The van der Waals surface area contributed by atoms with Crippen LogP contribution in [0.15, 0.2) is 24.7 Å². The summed E-state index contributed by atoms with van der Waals surface area (Å²) in [6, 6.07) is 4.05. The van der Waals surface area contributed by atoms with E-state index in [1.807, 2.05) is 6.07 Å². The highest BCUT2D eigenvalue weighted by Gasteiger charge is 2.28. The fourth-order valence-electron chi connectivity index (χ4n) is 2.32. The summed E-state index contributed by atoms with van der Waals surface area (Å²) in [5.41, 5.74) is 8.83. The van der Waals surface area contributed by atoms with Crippen LogP contribution in [0.3, 0.4) is 0 Å². The molecule has 0 aromatic carbocycles. The summed E-state index contributed by atoms with van der Waals surface area (Å²) in [5, 5.41) is 0.455. The van der Waals surface area contributed by atoms with Crippen molar-refractivity contribution in [2.45, 2.75) is 18.8 Å². The van der Waals surface area contributed by atoms with Crippen molar-refractivity contribution in [3.63, 3.8) is 0 Å². The van der Waals surface area contributed by atoms with E-state index in [9.17, 15) is 0 Å². The van der Waals surface area contributed by atoms with Gasteiger partial charge in [-0.1, -0.05) is 17.7 Å². The van der Waals surface area contributed by atoms with Crippen LogP contribution in [0.2, 0.25) is 5.02 Å². The van der Waals surface area contributed by atoms with E-state index in [2.05, 4.69) is 21.0 Å². The third-order valence-corrected chi connectivity index (χ3v) is 3.52.